The molecule has 148 valence electrons. The first-order valence-corrected chi connectivity index (χ1v) is 11.1. The summed E-state index contributed by atoms with van der Waals surface area (Å²) in [4.78, 5) is 23.9. The summed E-state index contributed by atoms with van der Waals surface area (Å²) < 4.78 is 56.4. The van der Waals surface area contributed by atoms with Crippen LogP contribution in [-0.2, 0) is 14.2 Å². The van der Waals surface area contributed by atoms with Crippen molar-refractivity contribution >= 4 is 30.5 Å². The van der Waals surface area contributed by atoms with Crippen LogP contribution in [0, 0.1) is 17.5 Å². The van der Waals surface area contributed by atoms with Gasteiger partial charge in [-0.1, -0.05) is 12.1 Å². The Labute approximate surface area is 159 Å². The lowest BCUT2D eigenvalue weighted by Crippen LogP contribution is -2.38. The van der Waals surface area contributed by atoms with E-state index in [2.05, 4.69) is 5.32 Å². The fourth-order valence-corrected chi connectivity index (χ4v) is 4.76. The lowest BCUT2D eigenvalue weighted by Gasteiger charge is -2.20. The van der Waals surface area contributed by atoms with Gasteiger partial charge in [-0.2, -0.15) is 0 Å². The van der Waals surface area contributed by atoms with Crippen molar-refractivity contribution in [3.05, 3.63) is 47.8 Å². The van der Waals surface area contributed by atoms with Gasteiger partial charge in [0.05, 0.1) is 11.0 Å². The first kappa shape index (κ1) is 20.1. The van der Waals surface area contributed by atoms with Crippen LogP contribution in [0.25, 0.3) is 11.1 Å². The summed E-state index contributed by atoms with van der Waals surface area (Å²) in [6.07, 6.45) is 0.647. The molecule has 1 aliphatic heterocycles. The number of hydrogen-bond acceptors (Lipinski definition) is 3. The van der Waals surface area contributed by atoms with Crippen molar-refractivity contribution in [2.24, 2.45) is 0 Å². The van der Waals surface area contributed by atoms with Gasteiger partial charge in [-0.25, -0.2) is 13.2 Å². The van der Waals surface area contributed by atoms with Crippen molar-refractivity contribution < 1.29 is 27.3 Å². The Morgan fingerprint density at radius 3 is 2.46 bits per heavy atom. The van der Waals surface area contributed by atoms with Gasteiger partial charge in [0.2, 0.25) is 12.3 Å². The summed E-state index contributed by atoms with van der Waals surface area (Å²) in [7, 11) is -3.12. The highest BCUT2D eigenvalue weighted by Crippen LogP contribution is 2.41. The van der Waals surface area contributed by atoms with E-state index in [1.54, 1.807) is 0 Å². The minimum absolute atomic E-state index is 0.00419. The molecule has 1 saturated heterocycles. The van der Waals surface area contributed by atoms with E-state index in [1.165, 1.54) is 37.6 Å². The molecular formula is C19H18F3N2O3P. The zero-order valence-corrected chi connectivity index (χ0v) is 16.1. The molecule has 0 aromatic heterocycles. The van der Waals surface area contributed by atoms with Crippen molar-refractivity contribution in [3.63, 3.8) is 0 Å². The molecule has 9 heteroatoms. The maximum absolute atomic E-state index is 14.9. The minimum atomic E-state index is -3.12. The van der Waals surface area contributed by atoms with E-state index in [0.717, 1.165) is 11.0 Å². The Morgan fingerprint density at radius 2 is 1.82 bits per heavy atom. The maximum atomic E-state index is 14.9. The highest BCUT2D eigenvalue weighted by Gasteiger charge is 2.35. The second-order valence-corrected chi connectivity index (χ2v) is 10.0. The highest BCUT2D eigenvalue weighted by atomic mass is 31.2. The fourth-order valence-electron chi connectivity index (χ4n) is 3.39. The van der Waals surface area contributed by atoms with E-state index in [9.17, 15) is 27.3 Å². The molecule has 1 N–H and O–H groups in total. The van der Waals surface area contributed by atoms with Crippen LogP contribution >= 0.6 is 7.14 Å². The molecule has 0 aliphatic carbocycles. The van der Waals surface area contributed by atoms with Crippen LogP contribution in [0.2, 0.25) is 0 Å². The van der Waals surface area contributed by atoms with E-state index >= 15 is 0 Å². The normalized spacial score (nSPS) is 17.1. The Kier molecular flexibility index (Phi) is 5.35. The van der Waals surface area contributed by atoms with Gasteiger partial charge in [0.15, 0.2) is 11.6 Å². The van der Waals surface area contributed by atoms with Crippen LogP contribution < -0.4 is 15.5 Å². The summed E-state index contributed by atoms with van der Waals surface area (Å²) >= 11 is 0. The van der Waals surface area contributed by atoms with E-state index in [4.69, 9.17) is 0 Å². The summed E-state index contributed by atoms with van der Waals surface area (Å²) in [5.74, 6) is -3.84. The Hall–Kier alpha value is -2.60. The van der Waals surface area contributed by atoms with Crippen molar-refractivity contribution in [2.75, 3.05) is 24.8 Å². The molecule has 2 amide bonds. The maximum Gasteiger partial charge on any atom is 0.249 e. The third kappa shape index (κ3) is 3.44. The van der Waals surface area contributed by atoms with E-state index in [0.29, 0.717) is 6.41 Å². The Balaban J connectivity index is 2.08. The zero-order chi connectivity index (χ0) is 20.6. The molecule has 0 spiro atoms. The number of benzene rings is 2. The number of nitrogens with zero attached hydrogens (tertiary/aromatic N) is 1. The van der Waals surface area contributed by atoms with Crippen LogP contribution in [0.5, 0.6) is 0 Å². The molecule has 28 heavy (non-hydrogen) atoms. The molecule has 1 aliphatic rings. The van der Waals surface area contributed by atoms with Crippen molar-refractivity contribution in [1.29, 1.82) is 0 Å². The first-order valence-electron chi connectivity index (χ1n) is 8.50. The number of halogens is 3. The molecule has 3 rings (SSSR count). The molecule has 0 bridgehead atoms. The van der Waals surface area contributed by atoms with Crippen LogP contribution in [-0.4, -0.2) is 38.2 Å². The average molecular weight is 410 g/mol. The van der Waals surface area contributed by atoms with E-state index < -0.39 is 36.5 Å². The van der Waals surface area contributed by atoms with Crippen LogP contribution in [0.1, 0.15) is 6.42 Å². The molecule has 2 aromatic rings. The molecule has 5 nitrogen and oxygen atoms in total. The topological polar surface area (TPSA) is 66.5 Å². The second kappa shape index (κ2) is 7.43. The number of anilines is 1. The molecule has 0 saturated carbocycles. The predicted octanol–water partition coefficient (Wildman–Crippen LogP) is 2.87. The van der Waals surface area contributed by atoms with Gasteiger partial charge in [0.25, 0.3) is 0 Å². The third-order valence-corrected chi connectivity index (χ3v) is 6.17. The fraction of sp³-hybridized carbons (Fsp3) is 0.263. The van der Waals surface area contributed by atoms with Crippen molar-refractivity contribution in [2.45, 2.75) is 12.5 Å². The van der Waals surface area contributed by atoms with Gasteiger partial charge in [-0.3, -0.25) is 9.59 Å². The van der Waals surface area contributed by atoms with Crippen LogP contribution in [0.3, 0.4) is 0 Å². The highest BCUT2D eigenvalue weighted by molar-refractivity contribution is 7.70. The zero-order valence-electron chi connectivity index (χ0n) is 15.2. The molecular weight excluding hydrogens is 392 g/mol. The lowest BCUT2D eigenvalue weighted by molar-refractivity contribution is -0.121. The minimum Gasteiger partial charge on any atom is -0.347 e. The largest absolute Gasteiger partial charge is 0.347 e. The summed E-state index contributed by atoms with van der Waals surface area (Å²) in [5, 5.41) is 2.18. The average Bonchev–Trinajstić information content (AvgIpc) is 2.97. The molecule has 1 fully saturated rings. The van der Waals surface area contributed by atoms with Crippen molar-refractivity contribution in [1.82, 2.24) is 5.32 Å². The predicted molar refractivity (Wildman–Crippen MR) is 101 cm³/mol. The SMILES string of the molecule is CP(C)(=O)c1c(F)cccc1-c1ccc(N2CC[C@@H](NC=O)C2=O)c(F)c1F. The van der Waals surface area contributed by atoms with Gasteiger partial charge < -0.3 is 14.8 Å². The number of amides is 2. The van der Waals surface area contributed by atoms with Crippen LogP contribution in [0.4, 0.5) is 18.9 Å². The van der Waals surface area contributed by atoms with Crippen LogP contribution in [0.15, 0.2) is 30.3 Å². The van der Waals surface area contributed by atoms with Gasteiger partial charge in [0.1, 0.15) is 19.0 Å². The number of carbonyl (C=O) groups excluding carboxylic acids is 2. The van der Waals surface area contributed by atoms with Gasteiger partial charge in [0, 0.05) is 12.1 Å². The number of rotatable bonds is 5. The number of nitrogens with one attached hydrogen (secondary N) is 1. The molecule has 1 heterocycles. The second-order valence-electron chi connectivity index (χ2n) is 6.86. The molecule has 0 unspecified atom stereocenters. The standard InChI is InChI=1S/C19H18F3N2O3P/c1-28(2,27)18-12(4-3-5-13(18)20)11-6-7-15(17(22)16(11)21)24-9-8-14(19(24)26)23-10-25/h3-7,10,14H,8-9H2,1-2H3,(H,23,25)/t14-/m1/s1. The van der Waals surface area contributed by atoms with E-state index in [-0.39, 0.29) is 35.1 Å². The van der Waals surface area contributed by atoms with Gasteiger partial charge in [-0.15, -0.1) is 0 Å². The Bertz CT molecular complexity index is 1010. The lowest BCUT2D eigenvalue weighted by atomic mass is 10.0. The van der Waals surface area contributed by atoms with Crippen molar-refractivity contribution in [3.8, 4) is 11.1 Å². The quantitative estimate of drug-likeness (QED) is 0.609. The van der Waals surface area contributed by atoms with Gasteiger partial charge >= 0.3 is 0 Å². The monoisotopic (exact) mass is 410 g/mol. The van der Waals surface area contributed by atoms with Gasteiger partial charge in [-0.05, 0) is 43.5 Å². The summed E-state index contributed by atoms with van der Waals surface area (Å²) in [6, 6.07) is 5.48. The summed E-state index contributed by atoms with van der Waals surface area (Å²) in [5.41, 5.74) is -0.506. The Morgan fingerprint density at radius 1 is 1.11 bits per heavy atom. The molecule has 2 aromatic carbocycles. The first-order chi connectivity index (χ1) is 13.2. The number of carbonyl (C=O) groups is 2. The van der Waals surface area contributed by atoms with E-state index in [1.807, 2.05) is 0 Å². The molecule has 0 radical (unpaired) electrons. The third-order valence-electron chi connectivity index (χ3n) is 4.64. The summed E-state index contributed by atoms with van der Waals surface area (Å²) in [6.45, 7) is 2.81. The smallest absolute Gasteiger partial charge is 0.249 e. The molecule has 1 atom stereocenters. The number of hydrogen-bond donors (Lipinski definition) is 1.